The van der Waals surface area contributed by atoms with Crippen LogP contribution >= 0.6 is 0 Å². The largest absolute Gasteiger partial charge is 0.481 e. The van der Waals surface area contributed by atoms with Gasteiger partial charge in [-0.15, -0.1) is 0 Å². The molecule has 3 heteroatoms. The number of aliphatic carboxylic acids is 1. The highest BCUT2D eigenvalue weighted by Gasteiger charge is 2.47. The first-order chi connectivity index (χ1) is 9.89. The van der Waals surface area contributed by atoms with Crippen molar-refractivity contribution in [1.82, 2.24) is 0 Å². The van der Waals surface area contributed by atoms with Gasteiger partial charge < -0.3 is 10.2 Å². The maximum Gasteiger partial charge on any atom is 0.309 e. The molecule has 1 saturated carbocycles. The third-order valence-electron chi connectivity index (χ3n) is 5.06. The summed E-state index contributed by atoms with van der Waals surface area (Å²) in [5.41, 5.74) is -1.10. The number of hydrogen-bond acceptors (Lipinski definition) is 2. The molecule has 0 radical (unpaired) electrons. The summed E-state index contributed by atoms with van der Waals surface area (Å²) in [4.78, 5) is 11.9. The summed E-state index contributed by atoms with van der Waals surface area (Å²) in [6, 6.07) is 9.41. The van der Waals surface area contributed by atoms with Crippen LogP contribution in [0.2, 0.25) is 0 Å². The Hall–Kier alpha value is -1.35. The number of hydrogen-bond donors (Lipinski definition) is 2. The minimum absolute atomic E-state index is 0.288. The fourth-order valence-corrected chi connectivity index (χ4v) is 3.82. The highest BCUT2D eigenvalue weighted by molar-refractivity contribution is 5.75. The third kappa shape index (κ3) is 3.46. The zero-order valence-electron chi connectivity index (χ0n) is 13.0. The molecule has 1 aliphatic rings. The van der Waals surface area contributed by atoms with E-state index in [-0.39, 0.29) is 6.42 Å². The van der Waals surface area contributed by atoms with Crippen LogP contribution in [0, 0.1) is 11.3 Å². The van der Waals surface area contributed by atoms with Gasteiger partial charge in [-0.05, 0) is 37.7 Å². The molecule has 3 nitrogen and oxygen atoms in total. The van der Waals surface area contributed by atoms with Crippen LogP contribution in [0.1, 0.15) is 57.9 Å². The van der Waals surface area contributed by atoms with Gasteiger partial charge in [0.25, 0.3) is 0 Å². The molecule has 0 heterocycles. The van der Waals surface area contributed by atoms with E-state index in [1.54, 1.807) is 6.92 Å². The standard InChI is InChI=1S/C18H26O3/c1-3-14-8-7-11-18(12-14,16(19)20)13-17(2,21)15-9-5-4-6-10-15/h4-6,9-10,14,21H,3,7-8,11-13H2,1-2H3,(H,19,20). The van der Waals surface area contributed by atoms with Crippen LogP contribution in [0.4, 0.5) is 0 Å². The molecule has 0 bridgehead atoms. The molecule has 1 fully saturated rings. The summed E-state index contributed by atoms with van der Waals surface area (Å²) in [7, 11) is 0. The summed E-state index contributed by atoms with van der Waals surface area (Å²) >= 11 is 0. The second kappa shape index (κ2) is 6.18. The lowest BCUT2D eigenvalue weighted by molar-refractivity contribution is -0.157. The minimum Gasteiger partial charge on any atom is -0.481 e. The van der Waals surface area contributed by atoms with Gasteiger partial charge in [-0.1, -0.05) is 56.5 Å². The number of carbonyl (C=O) groups is 1. The fraction of sp³-hybridized carbons (Fsp3) is 0.611. The van der Waals surface area contributed by atoms with E-state index in [1.807, 2.05) is 30.3 Å². The number of aliphatic hydroxyl groups is 1. The summed E-state index contributed by atoms with van der Waals surface area (Å²) in [5.74, 6) is -0.293. The van der Waals surface area contributed by atoms with Gasteiger partial charge in [0.2, 0.25) is 0 Å². The maximum absolute atomic E-state index is 11.9. The van der Waals surface area contributed by atoms with Gasteiger partial charge >= 0.3 is 5.97 Å². The molecule has 0 saturated heterocycles. The van der Waals surface area contributed by atoms with Gasteiger partial charge in [0.1, 0.15) is 0 Å². The highest BCUT2D eigenvalue weighted by Crippen LogP contribution is 2.47. The van der Waals surface area contributed by atoms with Crippen molar-refractivity contribution < 1.29 is 15.0 Å². The zero-order chi connectivity index (χ0) is 15.5. The average molecular weight is 290 g/mol. The van der Waals surface area contributed by atoms with E-state index in [0.717, 1.165) is 24.8 Å². The molecule has 0 amide bonds. The smallest absolute Gasteiger partial charge is 0.309 e. The van der Waals surface area contributed by atoms with Gasteiger partial charge in [-0.2, -0.15) is 0 Å². The first kappa shape index (κ1) is 16.0. The predicted octanol–water partition coefficient (Wildman–Crippen LogP) is 3.96. The zero-order valence-corrected chi connectivity index (χ0v) is 13.0. The van der Waals surface area contributed by atoms with Crippen molar-refractivity contribution in [3.63, 3.8) is 0 Å². The average Bonchev–Trinajstić information content (AvgIpc) is 2.47. The molecule has 3 atom stereocenters. The second-order valence-electron chi connectivity index (χ2n) is 6.77. The minimum atomic E-state index is -1.10. The lowest BCUT2D eigenvalue weighted by Crippen LogP contribution is -2.42. The monoisotopic (exact) mass is 290 g/mol. The van der Waals surface area contributed by atoms with Crippen LogP contribution in [0.3, 0.4) is 0 Å². The summed E-state index contributed by atoms with van der Waals surface area (Å²) in [6.07, 6.45) is 4.71. The lowest BCUT2D eigenvalue weighted by Gasteiger charge is -2.41. The van der Waals surface area contributed by atoms with Gasteiger partial charge in [0.15, 0.2) is 0 Å². The summed E-state index contributed by atoms with van der Waals surface area (Å²) < 4.78 is 0. The molecular formula is C18H26O3. The molecule has 3 unspecified atom stereocenters. The van der Waals surface area contributed by atoms with Crippen molar-refractivity contribution >= 4 is 5.97 Å². The van der Waals surface area contributed by atoms with E-state index in [1.165, 1.54) is 0 Å². The normalized spacial score (nSPS) is 28.8. The van der Waals surface area contributed by atoms with Crippen LogP contribution < -0.4 is 0 Å². The molecule has 2 N–H and O–H groups in total. The number of carboxylic acids is 1. The van der Waals surface area contributed by atoms with Crippen molar-refractivity contribution in [2.24, 2.45) is 11.3 Å². The van der Waals surface area contributed by atoms with E-state index >= 15 is 0 Å². The molecular weight excluding hydrogens is 264 g/mol. The van der Waals surface area contributed by atoms with E-state index in [4.69, 9.17) is 0 Å². The Labute approximate surface area is 127 Å². The van der Waals surface area contributed by atoms with Gasteiger partial charge in [-0.25, -0.2) is 0 Å². The Morgan fingerprint density at radius 3 is 2.62 bits per heavy atom. The van der Waals surface area contributed by atoms with Crippen molar-refractivity contribution in [1.29, 1.82) is 0 Å². The quantitative estimate of drug-likeness (QED) is 0.863. The van der Waals surface area contributed by atoms with Crippen LogP contribution in [0.15, 0.2) is 30.3 Å². The van der Waals surface area contributed by atoms with E-state index < -0.39 is 17.0 Å². The highest BCUT2D eigenvalue weighted by atomic mass is 16.4. The molecule has 2 rings (SSSR count). The lowest BCUT2D eigenvalue weighted by atomic mass is 9.63. The Morgan fingerprint density at radius 2 is 2.05 bits per heavy atom. The van der Waals surface area contributed by atoms with E-state index in [0.29, 0.717) is 18.8 Å². The molecule has 1 aliphatic carbocycles. The number of benzene rings is 1. The maximum atomic E-state index is 11.9. The number of carboxylic acid groups (broad SMARTS) is 1. The first-order valence-electron chi connectivity index (χ1n) is 7.91. The van der Waals surface area contributed by atoms with Crippen molar-refractivity contribution in [2.45, 2.75) is 58.0 Å². The van der Waals surface area contributed by atoms with Gasteiger partial charge in [0.05, 0.1) is 11.0 Å². The molecule has 0 spiro atoms. The molecule has 116 valence electrons. The topological polar surface area (TPSA) is 57.5 Å². The van der Waals surface area contributed by atoms with Crippen LogP contribution in [-0.4, -0.2) is 16.2 Å². The van der Waals surface area contributed by atoms with E-state index in [2.05, 4.69) is 6.92 Å². The van der Waals surface area contributed by atoms with Crippen LogP contribution in [0.5, 0.6) is 0 Å². The number of rotatable bonds is 5. The first-order valence-corrected chi connectivity index (χ1v) is 7.91. The van der Waals surface area contributed by atoms with Crippen LogP contribution in [0.25, 0.3) is 0 Å². The Balaban J connectivity index is 2.25. The molecule has 1 aromatic carbocycles. The van der Waals surface area contributed by atoms with Crippen molar-refractivity contribution in [3.8, 4) is 0 Å². The van der Waals surface area contributed by atoms with Gasteiger partial charge in [0, 0.05) is 0 Å². The molecule has 0 aliphatic heterocycles. The van der Waals surface area contributed by atoms with Gasteiger partial charge in [-0.3, -0.25) is 4.79 Å². The Morgan fingerprint density at radius 1 is 1.38 bits per heavy atom. The second-order valence-corrected chi connectivity index (χ2v) is 6.77. The SMILES string of the molecule is CCC1CCCC(CC(C)(O)c2ccccc2)(C(=O)O)C1. The third-order valence-corrected chi connectivity index (χ3v) is 5.06. The molecule has 1 aromatic rings. The Bertz CT molecular complexity index is 480. The van der Waals surface area contributed by atoms with Crippen LogP contribution in [-0.2, 0) is 10.4 Å². The summed E-state index contributed by atoms with van der Waals surface area (Å²) in [6.45, 7) is 3.86. The van der Waals surface area contributed by atoms with Crippen molar-refractivity contribution in [3.05, 3.63) is 35.9 Å². The van der Waals surface area contributed by atoms with Crippen molar-refractivity contribution in [2.75, 3.05) is 0 Å². The predicted molar refractivity (Wildman–Crippen MR) is 82.9 cm³/mol. The molecule has 21 heavy (non-hydrogen) atoms. The summed E-state index contributed by atoms with van der Waals surface area (Å²) in [5, 5.41) is 20.6. The molecule has 0 aromatic heterocycles. The fourth-order valence-electron chi connectivity index (χ4n) is 3.82. The van der Waals surface area contributed by atoms with E-state index in [9.17, 15) is 15.0 Å². The Kier molecular flexibility index (Phi) is 4.72.